The molecule has 132 valence electrons. The highest BCUT2D eigenvalue weighted by Crippen LogP contribution is 2.33. The number of hydrogen-bond acceptors (Lipinski definition) is 5. The van der Waals surface area contributed by atoms with Crippen molar-refractivity contribution in [3.8, 4) is 0 Å². The number of likely N-dealkylation sites (N-methyl/N-ethyl adjacent to an activating group) is 1. The molecule has 0 saturated carbocycles. The number of esters is 1. The number of carbonyl (C=O) groups excluding carboxylic acids is 2. The number of aliphatic imine (C=N–C) groups is 1. The number of thioether (sulfide) groups is 1. The summed E-state index contributed by atoms with van der Waals surface area (Å²) in [5.41, 5.74) is 3.27. The lowest BCUT2D eigenvalue weighted by Gasteiger charge is -2.07. The van der Waals surface area contributed by atoms with Gasteiger partial charge in [-0.05, 0) is 54.6 Å². The Hall–Kier alpha value is -2.86. The van der Waals surface area contributed by atoms with Gasteiger partial charge in [-0.25, -0.2) is 9.79 Å². The summed E-state index contributed by atoms with van der Waals surface area (Å²) in [6.45, 7) is 2.02. The van der Waals surface area contributed by atoms with Crippen LogP contribution in [0.25, 0.3) is 6.08 Å². The van der Waals surface area contributed by atoms with Crippen LogP contribution in [0.2, 0.25) is 0 Å². The molecule has 0 unspecified atom stereocenters. The summed E-state index contributed by atoms with van der Waals surface area (Å²) >= 11 is 1.33. The molecular formula is C20H18N2O3S. The molecule has 0 N–H and O–H groups in total. The van der Waals surface area contributed by atoms with Gasteiger partial charge in [0.05, 0.1) is 23.3 Å². The number of amides is 1. The van der Waals surface area contributed by atoms with Crippen molar-refractivity contribution in [1.82, 2.24) is 4.90 Å². The summed E-state index contributed by atoms with van der Waals surface area (Å²) in [5, 5.41) is 0.635. The molecule has 3 rings (SSSR count). The predicted molar refractivity (Wildman–Crippen MR) is 104 cm³/mol. The van der Waals surface area contributed by atoms with Crippen molar-refractivity contribution in [3.05, 3.63) is 70.1 Å². The monoisotopic (exact) mass is 366 g/mol. The summed E-state index contributed by atoms with van der Waals surface area (Å²) < 4.78 is 4.68. The fraction of sp³-hybridized carbons (Fsp3) is 0.150. The highest BCUT2D eigenvalue weighted by molar-refractivity contribution is 8.18. The molecule has 1 fully saturated rings. The Morgan fingerprint density at radius 1 is 1.12 bits per heavy atom. The quantitative estimate of drug-likeness (QED) is 0.608. The first-order chi connectivity index (χ1) is 12.5. The van der Waals surface area contributed by atoms with E-state index in [9.17, 15) is 9.59 Å². The number of nitrogens with zero attached hydrogens (tertiary/aromatic N) is 2. The van der Waals surface area contributed by atoms with E-state index in [1.807, 2.05) is 31.2 Å². The minimum absolute atomic E-state index is 0.0992. The lowest BCUT2D eigenvalue weighted by atomic mass is 10.1. The fourth-order valence-electron chi connectivity index (χ4n) is 2.37. The van der Waals surface area contributed by atoms with Gasteiger partial charge in [0.1, 0.15) is 0 Å². The predicted octanol–water partition coefficient (Wildman–Crippen LogP) is 4.02. The summed E-state index contributed by atoms with van der Waals surface area (Å²) in [5.74, 6) is -0.485. The number of benzene rings is 2. The first-order valence-corrected chi connectivity index (χ1v) is 8.81. The van der Waals surface area contributed by atoms with E-state index in [0.29, 0.717) is 15.6 Å². The van der Waals surface area contributed by atoms with Gasteiger partial charge in [-0.15, -0.1) is 0 Å². The third-order valence-corrected chi connectivity index (χ3v) is 4.95. The molecule has 2 aromatic carbocycles. The van der Waals surface area contributed by atoms with Crippen LogP contribution in [0.15, 0.2) is 58.4 Å². The topological polar surface area (TPSA) is 59.0 Å². The zero-order chi connectivity index (χ0) is 18.7. The van der Waals surface area contributed by atoms with Crippen LogP contribution < -0.4 is 0 Å². The van der Waals surface area contributed by atoms with Crippen molar-refractivity contribution in [2.75, 3.05) is 14.2 Å². The number of hydrogen-bond donors (Lipinski definition) is 0. The number of rotatable bonds is 3. The molecule has 1 saturated heterocycles. The molecular weight excluding hydrogens is 348 g/mol. The van der Waals surface area contributed by atoms with Crippen molar-refractivity contribution >= 4 is 40.6 Å². The molecule has 0 spiro atoms. The van der Waals surface area contributed by atoms with E-state index in [-0.39, 0.29) is 11.9 Å². The third-order valence-electron chi connectivity index (χ3n) is 3.89. The van der Waals surface area contributed by atoms with Gasteiger partial charge < -0.3 is 4.74 Å². The normalized spacial score (nSPS) is 17.2. The summed E-state index contributed by atoms with van der Waals surface area (Å²) in [7, 11) is 3.06. The van der Waals surface area contributed by atoms with Gasteiger partial charge in [-0.2, -0.15) is 0 Å². The maximum absolute atomic E-state index is 12.5. The van der Waals surface area contributed by atoms with Crippen LogP contribution in [0.4, 0.5) is 5.69 Å². The highest BCUT2D eigenvalue weighted by atomic mass is 32.2. The number of carbonyl (C=O) groups is 2. The third kappa shape index (κ3) is 3.86. The van der Waals surface area contributed by atoms with Crippen molar-refractivity contribution in [2.45, 2.75) is 6.92 Å². The molecule has 1 aliphatic heterocycles. The van der Waals surface area contributed by atoms with Gasteiger partial charge in [0.25, 0.3) is 5.91 Å². The summed E-state index contributed by atoms with van der Waals surface area (Å²) in [6, 6.07) is 14.7. The minimum atomic E-state index is -0.386. The molecule has 1 heterocycles. The summed E-state index contributed by atoms with van der Waals surface area (Å²) in [6.07, 6.45) is 1.79. The second-order valence-corrected chi connectivity index (χ2v) is 6.83. The summed E-state index contributed by atoms with van der Waals surface area (Å²) in [4.78, 5) is 30.6. The van der Waals surface area contributed by atoms with Crippen LogP contribution >= 0.6 is 11.8 Å². The van der Waals surface area contributed by atoms with Crippen LogP contribution in [-0.4, -0.2) is 36.1 Å². The number of amidine groups is 1. The maximum Gasteiger partial charge on any atom is 0.337 e. The Bertz CT molecular complexity index is 900. The van der Waals surface area contributed by atoms with Gasteiger partial charge in [0, 0.05) is 7.05 Å². The molecule has 0 bridgehead atoms. The van der Waals surface area contributed by atoms with E-state index < -0.39 is 0 Å². The SMILES string of the molecule is COC(=O)c1ccc(/C=C2/SC(=Nc3ccc(C)cc3)N(C)C2=O)cc1. The van der Waals surface area contributed by atoms with Gasteiger partial charge in [-0.3, -0.25) is 9.69 Å². The Kier molecular flexibility index (Phi) is 5.23. The maximum atomic E-state index is 12.5. The zero-order valence-corrected chi connectivity index (χ0v) is 15.5. The first kappa shape index (κ1) is 17.9. The van der Waals surface area contributed by atoms with Gasteiger partial charge in [0.2, 0.25) is 0 Å². The average molecular weight is 366 g/mol. The van der Waals surface area contributed by atoms with E-state index in [1.165, 1.54) is 18.9 Å². The van der Waals surface area contributed by atoms with Crippen molar-refractivity contribution < 1.29 is 14.3 Å². The van der Waals surface area contributed by atoms with Crippen molar-refractivity contribution in [3.63, 3.8) is 0 Å². The van der Waals surface area contributed by atoms with Crippen molar-refractivity contribution in [1.29, 1.82) is 0 Å². The van der Waals surface area contributed by atoms with E-state index in [1.54, 1.807) is 42.3 Å². The number of aryl methyl sites for hydroxylation is 1. The van der Waals surface area contributed by atoms with E-state index in [0.717, 1.165) is 16.8 Å². The number of ether oxygens (including phenoxy) is 1. The molecule has 0 aliphatic carbocycles. The standard InChI is InChI=1S/C20H18N2O3S/c1-13-4-10-16(11-5-13)21-20-22(2)18(23)17(26-20)12-14-6-8-15(9-7-14)19(24)25-3/h4-12H,1-3H3/b17-12+,21-20?. The second kappa shape index (κ2) is 7.58. The van der Waals surface area contributed by atoms with Crippen molar-refractivity contribution in [2.24, 2.45) is 4.99 Å². The lowest BCUT2D eigenvalue weighted by molar-refractivity contribution is -0.121. The van der Waals surface area contributed by atoms with Crippen LogP contribution in [-0.2, 0) is 9.53 Å². The zero-order valence-electron chi connectivity index (χ0n) is 14.7. The van der Waals surface area contributed by atoms with Crippen LogP contribution in [0.5, 0.6) is 0 Å². The highest BCUT2D eigenvalue weighted by Gasteiger charge is 2.30. The number of methoxy groups -OCH3 is 1. The molecule has 0 aromatic heterocycles. The fourth-order valence-corrected chi connectivity index (χ4v) is 3.35. The van der Waals surface area contributed by atoms with E-state index in [2.05, 4.69) is 9.73 Å². The van der Waals surface area contributed by atoms with Gasteiger partial charge >= 0.3 is 5.97 Å². The smallest absolute Gasteiger partial charge is 0.337 e. The lowest BCUT2D eigenvalue weighted by Crippen LogP contribution is -2.23. The molecule has 5 nitrogen and oxygen atoms in total. The van der Waals surface area contributed by atoms with Gasteiger partial charge in [-0.1, -0.05) is 29.8 Å². The average Bonchev–Trinajstić information content (AvgIpc) is 2.91. The van der Waals surface area contributed by atoms with Crippen LogP contribution in [0.1, 0.15) is 21.5 Å². The first-order valence-electron chi connectivity index (χ1n) is 7.99. The van der Waals surface area contributed by atoms with E-state index in [4.69, 9.17) is 0 Å². The van der Waals surface area contributed by atoms with Crippen LogP contribution in [0, 0.1) is 6.92 Å². The molecule has 1 amide bonds. The molecule has 2 aromatic rings. The van der Waals surface area contributed by atoms with Gasteiger partial charge in [0.15, 0.2) is 5.17 Å². The van der Waals surface area contributed by atoms with Crippen LogP contribution in [0.3, 0.4) is 0 Å². The Balaban J connectivity index is 1.83. The Labute approximate surface area is 156 Å². The molecule has 26 heavy (non-hydrogen) atoms. The second-order valence-electron chi connectivity index (χ2n) is 5.82. The Morgan fingerprint density at radius 3 is 2.38 bits per heavy atom. The molecule has 0 atom stereocenters. The molecule has 1 aliphatic rings. The minimum Gasteiger partial charge on any atom is -0.465 e. The van der Waals surface area contributed by atoms with E-state index >= 15 is 0 Å². The largest absolute Gasteiger partial charge is 0.465 e. The Morgan fingerprint density at radius 2 is 1.77 bits per heavy atom. The molecule has 6 heteroatoms. The molecule has 0 radical (unpaired) electrons.